The van der Waals surface area contributed by atoms with E-state index in [9.17, 15) is 9.90 Å². The molecule has 130 valence electrons. The standard InChI is InChI=1S/C21H34O2/c1-13(22)17-6-7-18-16-5-4-14-12-15(23)8-10-20(14,2)19(16)9-11-21(17,18)3/h14-19,23H,4-12H2,1-3H3/t14-,15+,16-,17+,18-,19-,20-,21+/m0/s1/i9D2,11D2. The molecule has 4 aliphatic rings. The van der Waals surface area contributed by atoms with E-state index in [4.69, 9.17) is 5.48 Å². The molecule has 0 unspecified atom stereocenters. The van der Waals surface area contributed by atoms with Crippen LogP contribution in [0.25, 0.3) is 0 Å². The molecule has 4 fully saturated rings. The van der Waals surface area contributed by atoms with Gasteiger partial charge in [0.2, 0.25) is 0 Å². The summed E-state index contributed by atoms with van der Waals surface area (Å²) in [5, 5.41) is 10.2. The Morgan fingerprint density at radius 2 is 1.87 bits per heavy atom. The molecule has 4 saturated carbocycles. The molecule has 8 atom stereocenters. The lowest BCUT2D eigenvalue weighted by atomic mass is 9.44. The highest BCUT2D eigenvalue weighted by molar-refractivity contribution is 5.79. The topological polar surface area (TPSA) is 37.3 Å². The quantitative estimate of drug-likeness (QED) is 0.766. The normalized spacial score (nSPS) is 62.6. The minimum Gasteiger partial charge on any atom is -0.393 e. The van der Waals surface area contributed by atoms with Gasteiger partial charge in [-0.25, -0.2) is 0 Å². The van der Waals surface area contributed by atoms with Gasteiger partial charge in [-0.3, -0.25) is 4.79 Å². The molecule has 0 saturated heterocycles. The fourth-order valence-electron chi connectivity index (χ4n) is 6.91. The fraction of sp³-hybridized carbons (Fsp3) is 0.952. The van der Waals surface area contributed by atoms with Gasteiger partial charge in [-0.2, -0.15) is 0 Å². The Hall–Kier alpha value is -0.370. The summed E-state index contributed by atoms with van der Waals surface area (Å²) in [6.07, 6.45) is 1.28. The summed E-state index contributed by atoms with van der Waals surface area (Å²) < 4.78 is 36.2. The van der Waals surface area contributed by atoms with Crippen molar-refractivity contribution in [1.82, 2.24) is 0 Å². The third-order valence-corrected chi connectivity index (χ3v) is 8.26. The van der Waals surface area contributed by atoms with Crippen LogP contribution >= 0.6 is 0 Å². The van der Waals surface area contributed by atoms with Crippen molar-refractivity contribution in [3.63, 3.8) is 0 Å². The van der Waals surface area contributed by atoms with Crippen LogP contribution in [0.2, 0.25) is 0 Å². The SMILES string of the molecule is [2H]C1([2H])[C@H]2[C@@H](CC[C@H]3C[C@H](O)CC[C@@]32C)[C@@H]2CC[C@H](C(C)=O)[C@@]2(C)C1([2H])[2H]. The maximum absolute atomic E-state index is 12.4. The first kappa shape index (κ1) is 12.1. The molecule has 0 aliphatic heterocycles. The zero-order chi connectivity index (χ0) is 20.0. The van der Waals surface area contributed by atoms with Crippen LogP contribution < -0.4 is 0 Å². The number of Topliss-reactive ketones (excluding diaryl/α,β-unsaturated/α-hetero) is 1. The van der Waals surface area contributed by atoms with Gasteiger partial charge in [-0.05, 0) is 99.1 Å². The van der Waals surface area contributed by atoms with E-state index in [-0.39, 0.29) is 46.9 Å². The maximum Gasteiger partial charge on any atom is 0.133 e. The van der Waals surface area contributed by atoms with E-state index in [0.717, 1.165) is 32.1 Å². The van der Waals surface area contributed by atoms with Crippen LogP contribution in [0, 0.1) is 40.4 Å². The van der Waals surface area contributed by atoms with Crippen LogP contribution in [0.3, 0.4) is 0 Å². The Morgan fingerprint density at radius 1 is 1.09 bits per heavy atom. The lowest BCUT2D eigenvalue weighted by Gasteiger charge is -2.60. The van der Waals surface area contributed by atoms with Crippen molar-refractivity contribution >= 4 is 5.78 Å². The number of carbonyl (C=O) groups is 1. The molecule has 23 heavy (non-hydrogen) atoms. The van der Waals surface area contributed by atoms with Crippen LogP contribution in [0.5, 0.6) is 0 Å². The number of hydrogen-bond donors (Lipinski definition) is 1. The summed E-state index contributed by atoms with van der Waals surface area (Å²) in [5.74, 6) is -0.238. The highest BCUT2D eigenvalue weighted by Crippen LogP contribution is 2.67. The first-order valence-corrected chi connectivity index (χ1v) is 9.57. The molecule has 0 aromatic rings. The number of fused-ring (bicyclic) bond motifs is 5. The molecule has 1 N–H and O–H groups in total. The monoisotopic (exact) mass is 322 g/mol. The smallest absolute Gasteiger partial charge is 0.133 e. The van der Waals surface area contributed by atoms with Crippen LogP contribution in [0.4, 0.5) is 0 Å². The summed E-state index contributed by atoms with van der Waals surface area (Å²) in [6, 6.07) is 0. The van der Waals surface area contributed by atoms with Crippen LogP contribution in [-0.2, 0) is 4.79 Å². The van der Waals surface area contributed by atoms with Crippen LogP contribution in [-0.4, -0.2) is 17.0 Å². The van der Waals surface area contributed by atoms with E-state index in [1.54, 1.807) is 6.92 Å². The lowest BCUT2D eigenvalue weighted by molar-refractivity contribution is -0.138. The molecule has 2 nitrogen and oxygen atoms in total. The average Bonchev–Trinajstić information content (AvgIpc) is 2.92. The zero-order valence-electron chi connectivity index (χ0n) is 18.8. The molecule has 2 heteroatoms. The molecule has 0 spiro atoms. The maximum atomic E-state index is 12.4. The fourth-order valence-corrected chi connectivity index (χ4v) is 6.91. The molecule has 4 aliphatic carbocycles. The Balaban J connectivity index is 1.84. The van der Waals surface area contributed by atoms with E-state index in [0.29, 0.717) is 12.8 Å². The van der Waals surface area contributed by atoms with E-state index >= 15 is 0 Å². The first-order valence-electron chi connectivity index (χ1n) is 11.6. The predicted octanol–water partition coefficient (Wildman–Crippen LogP) is 4.60. The number of aliphatic hydroxyl groups excluding tert-OH is 1. The van der Waals surface area contributed by atoms with Gasteiger partial charge in [0.25, 0.3) is 0 Å². The molecular formula is C21H34O2. The van der Waals surface area contributed by atoms with Crippen molar-refractivity contribution in [2.45, 2.75) is 84.6 Å². The van der Waals surface area contributed by atoms with Crippen molar-refractivity contribution in [2.24, 2.45) is 40.4 Å². The number of ketones is 1. The molecule has 0 heterocycles. The van der Waals surface area contributed by atoms with Gasteiger partial charge in [0, 0.05) is 11.4 Å². The third kappa shape index (κ3) is 2.19. The van der Waals surface area contributed by atoms with Gasteiger partial charge < -0.3 is 5.11 Å². The molecule has 0 aromatic carbocycles. The van der Waals surface area contributed by atoms with E-state index in [2.05, 4.69) is 6.92 Å². The highest BCUT2D eigenvalue weighted by Gasteiger charge is 2.60. The molecular weight excluding hydrogens is 284 g/mol. The van der Waals surface area contributed by atoms with E-state index < -0.39 is 18.2 Å². The molecule has 0 bridgehead atoms. The highest BCUT2D eigenvalue weighted by atomic mass is 16.3. The van der Waals surface area contributed by atoms with E-state index in [1.807, 2.05) is 6.92 Å². The summed E-state index contributed by atoms with van der Waals surface area (Å²) >= 11 is 0. The Kier molecular flexibility index (Phi) is 2.79. The van der Waals surface area contributed by atoms with Gasteiger partial charge >= 0.3 is 0 Å². The third-order valence-electron chi connectivity index (χ3n) is 8.26. The zero-order valence-corrected chi connectivity index (χ0v) is 14.8. The Morgan fingerprint density at radius 3 is 2.61 bits per heavy atom. The van der Waals surface area contributed by atoms with Gasteiger partial charge in [-0.15, -0.1) is 0 Å². The Bertz CT molecular complexity index is 650. The van der Waals surface area contributed by atoms with Gasteiger partial charge in [0.15, 0.2) is 0 Å². The lowest BCUT2D eigenvalue weighted by Crippen LogP contribution is -2.54. The summed E-state index contributed by atoms with van der Waals surface area (Å²) in [4.78, 5) is 12.4. The second-order valence-corrected chi connectivity index (χ2v) is 9.25. The number of hydrogen-bond acceptors (Lipinski definition) is 2. The van der Waals surface area contributed by atoms with Crippen molar-refractivity contribution in [3.05, 3.63) is 0 Å². The molecule has 0 amide bonds. The number of carbonyl (C=O) groups excluding carboxylic acids is 1. The minimum absolute atomic E-state index is 0.0128. The van der Waals surface area contributed by atoms with Crippen molar-refractivity contribution in [1.29, 1.82) is 0 Å². The first-order chi connectivity index (χ1) is 12.4. The second kappa shape index (κ2) is 5.31. The van der Waals surface area contributed by atoms with Crippen molar-refractivity contribution in [2.75, 3.05) is 0 Å². The molecule has 0 radical (unpaired) electrons. The minimum atomic E-state index is -2.04. The van der Waals surface area contributed by atoms with Gasteiger partial charge in [-0.1, -0.05) is 13.8 Å². The number of rotatable bonds is 1. The number of aliphatic hydroxyl groups is 1. The molecule has 4 rings (SSSR count). The summed E-state index contributed by atoms with van der Waals surface area (Å²) in [7, 11) is 0. The second-order valence-electron chi connectivity index (χ2n) is 9.25. The van der Waals surface area contributed by atoms with Crippen molar-refractivity contribution < 1.29 is 15.4 Å². The van der Waals surface area contributed by atoms with Crippen molar-refractivity contribution in [3.8, 4) is 0 Å². The van der Waals surface area contributed by atoms with E-state index in [1.165, 1.54) is 0 Å². The Labute approximate surface area is 147 Å². The average molecular weight is 323 g/mol. The predicted molar refractivity (Wildman–Crippen MR) is 91.9 cm³/mol. The van der Waals surface area contributed by atoms with Crippen LogP contribution in [0.1, 0.15) is 83.9 Å². The van der Waals surface area contributed by atoms with Crippen LogP contribution in [0.15, 0.2) is 0 Å². The molecule has 0 aromatic heterocycles. The summed E-state index contributed by atoms with van der Waals surface area (Å²) in [5.41, 5.74) is -1.20. The largest absolute Gasteiger partial charge is 0.393 e. The van der Waals surface area contributed by atoms with Gasteiger partial charge in [0.05, 0.1) is 6.10 Å². The summed E-state index contributed by atoms with van der Waals surface area (Å²) in [6.45, 7) is 5.58. The van der Waals surface area contributed by atoms with Gasteiger partial charge in [0.1, 0.15) is 5.78 Å².